The molecule has 484 valence electrons. The van der Waals surface area contributed by atoms with Crippen molar-refractivity contribution >= 4 is 5.91 Å². The van der Waals surface area contributed by atoms with Crippen LogP contribution in [0.25, 0.3) is 0 Å². The number of amides is 1. The molecule has 0 aromatic heterocycles. The summed E-state index contributed by atoms with van der Waals surface area (Å²) < 4.78 is 0. The largest absolute Gasteiger partial charge is 0.394 e. The Bertz CT molecular complexity index is 1300. The maximum Gasteiger partial charge on any atom is 0.220 e. The first-order valence-corrected chi connectivity index (χ1v) is 37.9. The molecule has 0 aliphatic heterocycles. The fraction of sp³-hybridized carbons (Fsp3) is 0.885. The zero-order valence-corrected chi connectivity index (χ0v) is 56.0. The van der Waals surface area contributed by atoms with Gasteiger partial charge in [-0.3, -0.25) is 4.79 Å². The second kappa shape index (κ2) is 73.6. The van der Waals surface area contributed by atoms with Gasteiger partial charge in [-0.1, -0.05) is 409 Å². The van der Waals surface area contributed by atoms with E-state index in [4.69, 9.17) is 0 Å². The van der Waals surface area contributed by atoms with E-state index in [0.717, 1.165) is 38.5 Å². The number of hydrogen-bond donors (Lipinski definition) is 3. The molecular formula is C78H149NO3. The number of aliphatic hydroxyl groups is 2. The maximum absolute atomic E-state index is 12.6. The van der Waals surface area contributed by atoms with Gasteiger partial charge in [0.25, 0.3) is 0 Å². The van der Waals surface area contributed by atoms with E-state index in [1.165, 1.54) is 366 Å². The molecule has 0 radical (unpaired) electrons. The number of carbonyl (C=O) groups excluding carboxylic acids is 1. The van der Waals surface area contributed by atoms with Gasteiger partial charge in [0.2, 0.25) is 5.91 Å². The van der Waals surface area contributed by atoms with Crippen LogP contribution < -0.4 is 5.32 Å². The molecule has 0 saturated carbocycles. The van der Waals surface area contributed by atoms with Crippen LogP contribution in [0.1, 0.15) is 425 Å². The van der Waals surface area contributed by atoms with E-state index in [1.807, 2.05) is 6.08 Å². The Morgan fingerprint density at radius 2 is 0.500 bits per heavy atom. The summed E-state index contributed by atoms with van der Waals surface area (Å²) in [6, 6.07) is -0.623. The molecule has 0 saturated heterocycles. The topological polar surface area (TPSA) is 69.6 Å². The Morgan fingerprint density at radius 3 is 0.744 bits per heavy atom. The van der Waals surface area contributed by atoms with E-state index < -0.39 is 12.1 Å². The zero-order chi connectivity index (χ0) is 59.1. The maximum atomic E-state index is 12.6. The highest BCUT2D eigenvalue weighted by Crippen LogP contribution is 2.20. The highest BCUT2D eigenvalue weighted by Gasteiger charge is 2.18. The summed E-state index contributed by atoms with van der Waals surface area (Å²) >= 11 is 0. The summed E-state index contributed by atoms with van der Waals surface area (Å²) in [5.41, 5.74) is 0. The van der Waals surface area contributed by atoms with Crippen LogP contribution in [0, 0.1) is 0 Å². The van der Waals surface area contributed by atoms with Crippen molar-refractivity contribution in [3.8, 4) is 0 Å². The van der Waals surface area contributed by atoms with Crippen molar-refractivity contribution in [3.05, 3.63) is 48.6 Å². The van der Waals surface area contributed by atoms with Crippen LogP contribution in [0.3, 0.4) is 0 Å². The predicted octanol–water partition coefficient (Wildman–Crippen LogP) is 26.1. The van der Waals surface area contributed by atoms with Gasteiger partial charge in [0.1, 0.15) is 0 Å². The number of carbonyl (C=O) groups is 1. The van der Waals surface area contributed by atoms with Gasteiger partial charge < -0.3 is 15.5 Å². The van der Waals surface area contributed by atoms with E-state index in [9.17, 15) is 15.0 Å². The Labute approximate surface area is 515 Å². The molecule has 4 nitrogen and oxygen atoms in total. The number of allylic oxidation sites excluding steroid dienone is 7. The number of hydrogen-bond acceptors (Lipinski definition) is 3. The summed E-state index contributed by atoms with van der Waals surface area (Å²) in [5.74, 6) is -0.0550. The Kier molecular flexibility index (Phi) is 72.1. The Hall–Kier alpha value is -1.65. The lowest BCUT2D eigenvalue weighted by molar-refractivity contribution is -0.123. The fourth-order valence-corrected chi connectivity index (χ4v) is 12.1. The molecule has 0 aliphatic rings. The van der Waals surface area contributed by atoms with E-state index >= 15 is 0 Å². The van der Waals surface area contributed by atoms with E-state index in [0.29, 0.717) is 6.42 Å². The number of nitrogens with one attached hydrogen (secondary N) is 1. The second-order valence-corrected chi connectivity index (χ2v) is 26.1. The van der Waals surface area contributed by atoms with Crippen molar-refractivity contribution in [2.45, 2.75) is 437 Å². The lowest BCUT2D eigenvalue weighted by atomic mass is 10.0. The average molecular weight is 1150 g/mol. The number of rotatable bonds is 71. The molecule has 1 amide bonds. The standard InChI is InChI=1S/C78H149NO3/c1-3-5-7-9-11-13-15-17-19-21-23-25-27-29-31-33-35-36-37-38-39-40-41-42-44-46-48-50-52-54-56-58-60-62-64-66-68-70-72-74-78(82)79-76(75-80)77(81)73-71-69-67-65-63-61-59-57-55-53-51-49-47-45-43-34-32-30-28-26-24-22-20-18-16-14-12-10-8-6-4-2/h15,17,21,23,27,29,71,73,76-77,80-81H,3-14,16,18-20,22,24-26,28,30-70,72,74-75H2,1-2H3,(H,79,82)/b17-15-,23-21-,29-27-,73-71+. The van der Waals surface area contributed by atoms with E-state index in [-0.39, 0.29) is 12.5 Å². The molecule has 0 rings (SSSR count). The zero-order valence-electron chi connectivity index (χ0n) is 56.0. The summed E-state index contributed by atoms with van der Waals surface area (Å²) in [7, 11) is 0. The number of unbranched alkanes of at least 4 members (excludes halogenated alkanes) is 58. The van der Waals surface area contributed by atoms with Crippen LogP contribution >= 0.6 is 0 Å². The SMILES string of the molecule is CCCCCCC/C=C\C/C=C\C/C=C\CCCCCCCCCCCCCCCCCCCCCCCCCCC(=O)NC(CO)C(O)/C=C/CCCCCCCCCCCCCCCCCCCCCCCCCCCCCCC. The first-order valence-electron chi connectivity index (χ1n) is 37.9. The van der Waals surface area contributed by atoms with Crippen LogP contribution in [-0.4, -0.2) is 34.9 Å². The van der Waals surface area contributed by atoms with Crippen molar-refractivity contribution in [2.24, 2.45) is 0 Å². The number of aliphatic hydroxyl groups excluding tert-OH is 2. The third-order valence-electron chi connectivity index (χ3n) is 17.8. The fourth-order valence-electron chi connectivity index (χ4n) is 12.1. The molecule has 0 aliphatic carbocycles. The third kappa shape index (κ3) is 69.1. The lowest BCUT2D eigenvalue weighted by Crippen LogP contribution is -2.45. The van der Waals surface area contributed by atoms with Gasteiger partial charge in [0.05, 0.1) is 18.8 Å². The first-order chi connectivity index (χ1) is 40.7. The van der Waals surface area contributed by atoms with Crippen molar-refractivity contribution in [1.29, 1.82) is 0 Å². The van der Waals surface area contributed by atoms with E-state index in [2.05, 4.69) is 55.6 Å². The highest BCUT2D eigenvalue weighted by molar-refractivity contribution is 5.76. The average Bonchev–Trinajstić information content (AvgIpc) is 3.50. The van der Waals surface area contributed by atoms with Crippen LogP contribution in [0.5, 0.6) is 0 Å². The highest BCUT2D eigenvalue weighted by atomic mass is 16.3. The summed E-state index contributed by atoms with van der Waals surface area (Å²) in [4.78, 5) is 12.6. The molecule has 0 bridgehead atoms. The Morgan fingerprint density at radius 1 is 0.293 bits per heavy atom. The van der Waals surface area contributed by atoms with Crippen LogP contribution in [0.15, 0.2) is 48.6 Å². The predicted molar refractivity (Wildman–Crippen MR) is 368 cm³/mol. The summed E-state index contributed by atoms with van der Waals surface area (Å²) in [5, 5.41) is 23.3. The molecule has 0 spiro atoms. The Balaban J connectivity index is 3.40. The van der Waals surface area contributed by atoms with Gasteiger partial charge in [-0.15, -0.1) is 0 Å². The molecule has 0 heterocycles. The van der Waals surface area contributed by atoms with Crippen molar-refractivity contribution < 1.29 is 15.0 Å². The van der Waals surface area contributed by atoms with Crippen LogP contribution in [0.2, 0.25) is 0 Å². The lowest BCUT2D eigenvalue weighted by Gasteiger charge is -2.20. The summed E-state index contributed by atoms with van der Waals surface area (Å²) in [6.07, 6.45) is 104. The normalized spacial score (nSPS) is 12.9. The molecule has 2 unspecified atom stereocenters. The molecule has 4 heteroatoms. The molecule has 0 aromatic rings. The monoisotopic (exact) mass is 1150 g/mol. The van der Waals surface area contributed by atoms with Gasteiger partial charge in [0.15, 0.2) is 0 Å². The quantitative estimate of drug-likeness (QED) is 0.0420. The molecule has 3 N–H and O–H groups in total. The minimum Gasteiger partial charge on any atom is -0.394 e. The molecular weight excluding hydrogens is 999 g/mol. The van der Waals surface area contributed by atoms with Gasteiger partial charge >= 0.3 is 0 Å². The minimum absolute atomic E-state index is 0.0550. The molecule has 82 heavy (non-hydrogen) atoms. The third-order valence-corrected chi connectivity index (χ3v) is 17.8. The van der Waals surface area contributed by atoms with Gasteiger partial charge in [0, 0.05) is 6.42 Å². The molecule has 0 aromatic carbocycles. The van der Waals surface area contributed by atoms with Crippen LogP contribution in [0.4, 0.5) is 0 Å². The minimum atomic E-state index is -0.840. The van der Waals surface area contributed by atoms with E-state index in [1.54, 1.807) is 6.08 Å². The van der Waals surface area contributed by atoms with Crippen molar-refractivity contribution in [1.82, 2.24) is 5.32 Å². The van der Waals surface area contributed by atoms with Crippen molar-refractivity contribution in [2.75, 3.05) is 6.61 Å². The smallest absolute Gasteiger partial charge is 0.220 e. The molecule has 0 fully saturated rings. The second-order valence-electron chi connectivity index (χ2n) is 26.1. The van der Waals surface area contributed by atoms with Crippen LogP contribution in [-0.2, 0) is 4.79 Å². The van der Waals surface area contributed by atoms with Crippen molar-refractivity contribution in [3.63, 3.8) is 0 Å². The van der Waals surface area contributed by atoms with Gasteiger partial charge in [-0.2, -0.15) is 0 Å². The molecule has 2 atom stereocenters. The first kappa shape index (κ1) is 80.3. The summed E-state index contributed by atoms with van der Waals surface area (Å²) in [6.45, 7) is 4.34. The van der Waals surface area contributed by atoms with Gasteiger partial charge in [-0.05, 0) is 57.8 Å². The van der Waals surface area contributed by atoms with Gasteiger partial charge in [-0.25, -0.2) is 0 Å².